The number of nitrogens with one attached hydrogen (secondary N) is 3. The number of ether oxygens (including phenoxy) is 3. The van der Waals surface area contributed by atoms with E-state index in [1.54, 1.807) is 44.9 Å². The number of rotatable bonds is 13. The Hall–Kier alpha value is -4.55. The van der Waals surface area contributed by atoms with E-state index in [9.17, 15) is 8.78 Å². The summed E-state index contributed by atoms with van der Waals surface area (Å²) in [5.41, 5.74) is 1.88. The Kier molecular flexibility index (Phi) is 9.60. The number of halogens is 2. The lowest BCUT2D eigenvalue weighted by Crippen LogP contribution is -2.22. The molecule has 0 bridgehead atoms. The second-order valence-corrected chi connectivity index (χ2v) is 8.45. The van der Waals surface area contributed by atoms with E-state index in [1.165, 1.54) is 7.11 Å². The summed E-state index contributed by atoms with van der Waals surface area (Å²) in [6.45, 7) is -0.442. The van der Waals surface area contributed by atoms with Crippen molar-refractivity contribution in [2.75, 3.05) is 45.1 Å². The first-order chi connectivity index (χ1) is 19.5. The Morgan fingerprint density at radius 3 is 2.42 bits per heavy atom. The Morgan fingerprint density at radius 2 is 1.73 bits per heavy atom. The van der Waals surface area contributed by atoms with E-state index in [2.05, 4.69) is 25.9 Å². The third-order valence-corrected chi connectivity index (χ3v) is 6.00. The maximum Gasteiger partial charge on any atom is 0.179 e. The predicted octanol–water partition coefficient (Wildman–Crippen LogP) is 4.20. The fourth-order valence-electron chi connectivity index (χ4n) is 4.05. The van der Waals surface area contributed by atoms with Gasteiger partial charge >= 0.3 is 0 Å². The van der Waals surface area contributed by atoms with Crippen LogP contribution < -0.4 is 30.2 Å². The summed E-state index contributed by atoms with van der Waals surface area (Å²) in [7, 11) is 4.83. The fourth-order valence-corrected chi connectivity index (χ4v) is 4.05. The number of methoxy groups -OCH3 is 2. The van der Waals surface area contributed by atoms with E-state index < -0.39 is 17.7 Å². The molecule has 2 heterocycles. The molecule has 1 atom stereocenters. The first-order valence-electron chi connectivity index (χ1n) is 12.4. The van der Waals surface area contributed by atoms with Gasteiger partial charge < -0.3 is 35.3 Å². The molecular formula is C28H30F2N6O4. The van der Waals surface area contributed by atoms with Gasteiger partial charge in [-0.1, -0.05) is 18.2 Å². The lowest BCUT2D eigenvalue weighted by Gasteiger charge is -2.21. The third kappa shape index (κ3) is 6.53. The molecule has 0 radical (unpaired) electrons. The number of aromatic nitrogens is 3. The zero-order valence-electron chi connectivity index (χ0n) is 22.2. The number of para-hydroxylation sites is 1. The molecule has 0 aliphatic carbocycles. The van der Waals surface area contributed by atoms with E-state index in [0.717, 1.165) is 17.7 Å². The molecule has 12 heteroatoms. The minimum absolute atomic E-state index is 0.00824. The van der Waals surface area contributed by atoms with Gasteiger partial charge in [0.1, 0.15) is 24.0 Å². The van der Waals surface area contributed by atoms with E-state index in [1.807, 2.05) is 18.2 Å². The van der Waals surface area contributed by atoms with Crippen LogP contribution in [0, 0.1) is 11.6 Å². The lowest BCUT2D eigenvalue weighted by molar-refractivity contribution is 0.200. The molecule has 40 heavy (non-hydrogen) atoms. The van der Waals surface area contributed by atoms with Gasteiger partial charge in [-0.2, -0.15) is 0 Å². The normalized spacial score (nSPS) is 11.6. The highest BCUT2D eigenvalue weighted by Crippen LogP contribution is 2.33. The largest absolute Gasteiger partial charge is 0.493 e. The molecule has 0 saturated carbocycles. The van der Waals surface area contributed by atoms with Crippen LogP contribution in [0.3, 0.4) is 0 Å². The maximum atomic E-state index is 14.7. The summed E-state index contributed by atoms with van der Waals surface area (Å²) >= 11 is 0. The third-order valence-electron chi connectivity index (χ3n) is 6.00. The van der Waals surface area contributed by atoms with Gasteiger partial charge in [-0.15, -0.1) is 0 Å². The number of hydrogen-bond donors (Lipinski definition) is 4. The molecule has 2 aromatic heterocycles. The van der Waals surface area contributed by atoms with Crippen LogP contribution >= 0.6 is 0 Å². The van der Waals surface area contributed by atoms with Crippen LogP contribution in [0.1, 0.15) is 23.0 Å². The average Bonchev–Trinajstić information content (AvgIpc) is 2.97. The van der Waals surface area contributed by atoms with Crippen LogP contribution in [0.4, 0.5) is 26.0 Å². The molecular weight excluding hydrogens is 522 g/mol. The van der Waals surface area contributed by atoms with E-state index in [4.69, 9.17) is 24.3 Å². The van der Waals surface area contributed by atoms with Gasteiger partial charge in [0.05, 0.1) is 44.9 Å². The molecule has 4 rings (SSSR count). The number of pyridine rings is 1. The first-order valence-corrected chi connectivity index (χ1v) is 12.4. The minimum Gasteiger partial charge on any atom is -0.493 e. The van der Waals surface area contributed by atoms with Crippen molar-refractivity contribution >= 4 is 17.2 Å². The SMILES string of the molecule is CNC(c1ncc(OC)c(Nc2ccncc2OC)n1)c1ccccc1NCc1c(F)cc(OCCO)cc1F. The summed E-state index contributed by atoms with van der Waals surface area (Å²) in [6, 6.07) is 10.8. The van der Waals surface area contributed by atoms with Gasteiger partial charge in [0.15, 0.2) is 23.1 Å². The predicted molar refractivity (Wildman–Crippen MR) is 146 cm³/mol. The highest BCUT2D eigenvalue weighted by atomic mass is 19.1. The number of aliphatic hydroxyl groups is 1. The molecule has 1 unspecified atom stereocenters. The van der Waals surface area contributed by atoms with Gasteiger partial charge in [0.25, 0.3) is 0 Å². The Bertz CT molecular complexity index is 1420. The topological polar surface area (TPSA) is 123 Å². The zero-order valence-corrected chi connectivity index (χ0v) is 22.2. The number of anilines is 3. The van der Waals surface area contributed by atoms with Gasteiger partial charge in [-0.3, -0.25) is 4.98 Å². The highest BCUT2D eigenvalue weighted by Gasteiger charge is 2.22. The van der Waals surface area contributed by atoms with Crippen molar-refractivity contribution in [2.24, 2.45) is 0 Å². The quantitative estimate of drug-likeness (QED) is 0.192. The zero-order chi connectivity index (χ0) is 28.5. The molecule has 0 fully saturated rings. The molecule has 10 nitrogen and oxygen atoms in total. The summed E-state index contributed by atoms with van der Waals surface area (Å²) < 4.78 is 45.4. The highest BCUT2D eigenvalue weighted by molar-refractivity contribution is 5.67. The Labute approximate surface area is 230 Å². The standard InChI is InChI=1S/C28H30F2N6O4/c1-31-26(28-34-16-25(39-3)27(36-28)35-23-8-9-32-15-24(23)38-2)18-6-4-5-7-22(18)33-14-19-20(29)12-17(13-21(19)30)40-11-10-37/h4-9,12-13,15-16,26,31,33,37H,10-11,14H2,1-3H3,(H,32,34,35,36). The van der Waals surface area contributed by atoms with Crippen molar-refractivity contribution in [2.45, 2.75) is 12.6 Å². The van der Waals surface area contributed by atoms with Crippen LogP contribution in [0.25, 0.3) is 0 Å². The Balaban J connectivity index is 1.61. The van der Waals surface area contributed by atoms with Crippen LogP contribution in [0.2, 0.25) is 0 Å². The summed E-state index contributed by atoms with van der Waals surface area (Å²) in [5, 5.41) is 18.4. The number of nitrogens with zero attached hydrogens (tertiary/aromatic N) is 3. The molecule has 210 valence electrons. The van der Waals surface area contributed by atoms with Gasteiger partial charge in [0, 0.05) is 36.1 Å². The molecule has 4 N–H and O–H groups in total. The molecule has 4 aromatic rings. The summed E-state index contributed by atoms with van der Waals surface area (Å²) in [4.78, 5) is 13.3. The molecule has 0 saturated heterocycles. The van der Waals surface area contributed by atoms with Crippen molar-refractivity contribution in [1.29, 1.82) is 0 Å². The smallest absolute Gasteiger partial charge is 0.179 e. The van der Waals surface area contributed by atoms with E-state index in [0.29, 0.717) is 34.5 Å². The van der Waals surface area contributed by atoms with E-state index in [-0.39, 0.29) is 31.1 Å². The van der Waals surface area contributed by atoms with E-state index >= 15 is 0 Å². The van der Waals surface area contributed by atoms with Crippen molar-refractivity contribution in [3.63, 3.8) is 0 Å². The lowest BCUT2D eigenvalue weighted by atomic mass is 10.0. The molecule has 0 amide bonds. The Morgan fingerprint density at radius 1 is 0.975 bits per heavy atom. The van der Waals surface area contributed by atoms with Crippen molar-refractivity contribution in [1.82, 2.24) is 20.3 Å². The van der Waals surface area contributed by atoms with Gasteiger partial charge in [-0.25, -0.2) is 18.7 Å². The number of aliphatic hydroxyl groups excluding tert-OH is 1. The number of hydrogen-bond acceptors (Lipinski definition) is 10. The second kappa shape index (κ2) is 13.5. The van der Waals surface area contributed by atoms with Gasteiger partial charge in [0.2, 0.25) is 0 Å². The monoisotopic (exact) mass is 552 g/mol. The van der Waals surface area contributed by atoms with Crippen LogP contribution in [-0.2, 0) is 6.54 Å². The van der Waals surface area contributed by atoms with Crippen LogP contribution in [0.15, 0.2) is 61.1 Å². The van der Waals surface area contributed by atoms with Crippen molar-refractivity contribution in [3.05, 3.63) is 89.6 Å². The van der Waals surface area contributed by atoms with Crippen molar-refractivity contribution < 1.29 is 28.1 Å². The van der Waals surface area contributed by atoms with Crippen molar-refractivity contribution in [3.8, 4) is 17.2 Å². The fraction of sp³-hybridized carbons (Fsp3) is 0.250. The molecule has 0 aliphatic heterocycles. The summed E-state index contributed by atoms with van der Waals surface area (Å²) in [5.74, 6) is 0.269. The second-order valence-electron chi connectivity index (χ2n) is 8.45. The van der Waals surface area contributed by atoms with Crippen LogP contribution in [0.5, 0.6) is 17.2 Å². The first kappa shape index (κ1) is 28.5. The van der Waals surface area contributed by atoms with Crippen LogP contribution in [-0.4, -0.2) is 54.5 Å². The molecule has 0 spiro atoms. The molecule has 0 aliphatic rings. The number of benzene rings is 2. The average molecular weight is 553 g/mol. The minimum atomic E-state index is -0.760. The maximum absolute atomic E-state index is 14.7. The van der Waals surface area contributed by atoms with Gasteiger partial charge in [-0.05, 0) is 24.7 Å². The molecule has 2 aromatic carbocycles. The summed E-state index contributed by atoms with van der Waals surface area (Å²) in [6.07, 6.45) is 4.76.